The Hall–Kier alpha value is -2.02. The van der Waals surface area contributed by atoms with Crippen molar-refractivity contribution < 1.29 is 54.1 Å². The Labute approximate surface area is 219 Å². The molecular weight excluding hydrogens is 500 g/mol. The van der Waals surface area contributed by atoms with Crippen LogP contribution in [-0.4, -0.2) is 84.3 Å². The molecule has 1 aliphatic heterocycles. The molecule has 0 spiro atoms. The zero-order chi connectivity index (χ0) is 27.9. The van der Waals surface area contributed by atoms with Gasteiger partial charge in [0.25, 0.3) is 0 Å². The number of methoxy groups -OCH3 is 1. The van der Waals surface area contributed by atoms with E-state index in [1.165, 1.54) is 26.6 Å². The first-order valence-corrected chi connectivity index (χ1v) is 13.1. The fourth-order valence-electron chi connectivity index (χ4n) is 10.1. The number of aliphatic hydroxyl groups excluding tert-OH is 2. The van der Waals surface area contributed by atoms with Gasteiger partial charge in [-0.1, -0.05) is 20.8 Å². The highest BCUT2D eigenvalue weighted by Crippen LogP contribution is 2.83. The number of rotatable bonds is 4. The molecular formula is C27H36O11. The summed E-state index contributed by atoms with van der Waals surface area (Å²) in [5, 5.41) is 73.3. The summed E-state index contributed by atoms with van der Waals surface area (Å²) in [5.74, 6) is -3.51. The summed E-state index contributed by atoms with van der Waals surface area (Å²) in [5.41, 5.74) is -13.2. The number of carbonyl (C=O) groups excluding carboxylic acids is 2. The predicted molar refractivity (Wildman–Crippen MR) is 126 cm³/mol. The van der Waals surface area contributed by atoms with Crippen LogP contribution in [0.4, 0.5) is 0 Å². The molecule has 0 amide bonds. The molecule has 11 heteroatoms. The van der Waals surface area contributed by atoms with Crippen LogP contribution in [0.5, 0.6) is 0 Å². The van der Waals surface area contributed by atoms with E-state index in [1.807, 2.05) is 0 Å². The van der Waals surface area contributed by atoms with E-state index in [0.29, 0.717) is 5.56 Å². The normalized spacial score (nSPS) is 55.3. The van der Waals surface area contributed by atoms with Crippen LogP contribution in [0.25, 0.3) is 0 Å². The van der Waals surface area contributed by atoms with Gasteiger partial charge in [0, 0.05) is 34.1 Å². The molecule has 4 saturated carbocycles. The molecule has 11 nitrogen and oxygen atoms in total. The topological polar surface area (TPSA) is 187 Å². The summed E-state index contributed by atoms with van der Waals surface area (Å²) >= 11 is 0. The Morgan fingerprint density at radius 2 is 1.82 bits per heavy atom. The minimum Gasteiger partial charge on any atom is -0.472 e. The zero-order valence-corrected chi connectivity index (χ0v) is 21.9. The first kappa shape index (κ1) is 26.2. The Morgan fingerprint density at radius 3 is 2.42 bits per heavy atom. The van der Waals surface area contributed by atoms with Gasteiger partial charge in [0.15, 0.2) is 11.7 Å². The largest absolute Gasteiger partial charge is 0.472 e. The summed E-state index contributed by atoms with van der Waals surface area (Å²) < 4.78 is 15.7. The van der Waals surface area contributed by atoms with Gasteiger partial charge in [0.1, 0.15) is 16.8 Å². The molecule has 38 heavy (non-hydrogen) atoms. The van der Waals surface area contributed by atoms with Crippen molar-refractivity contribution in [1.29, 1.82) is 0 Å². The minimum atomic E-state index is -2.57. The number of esters is 2. The number of furan rings is 1. The third kappa shape index (κ3) is 2.33. The molecule has 4 aliphatic carbocycles. The zero-order valence-electron chi connectivity index (χ0n) is 21.9. The summed E-state index contributed by atoms with van der Waals surface area (Å²) in [6.45, 7) is 4.84. The lowest BCUT2D eigenvalue weighted by molar-refractivity contribution is -0.444. The SMILES string of the molecule is COC(=O)CC1C2(C)CC3(O)C(O)(C2O)C2OC(=O)CC4C(C)(C(O)c5ccoc5)CCC(O)(C42O)C13C. The van der Waals surface area contributed by atoms with E-state index < -0.39 is 80.7 Å². The summed E-state index contributed by atoms with van der Waals surface area (Å²) in [6, 6.07) is 1.57. The van der Waals surface area contributed by atoms with Crippen molar-refractivity contribution >= 4 is 11.9 Å². The first-order valence-electron chi connectivity index (χ1n) is 13.1. The lowest BCUT2D eigenvalue weighted by Crippen LogP contribution is -2.94. The lowest BCUT2D eigenvalue weighted by Gasteiger charge is -2.77. The maximum absolute atomic E-state index is 13.1. The lowest BCUT2D eigenvalue weighted by atomic mass is 9.33. The molecule has 1 aromatic heterocycles. The van der Waals surface area contributed by atoms with Crippen molar-refractivity contribution in [2.75, 3.05) is 7.11 Å². The van der Waals surface area contributed by atoms with E-state index >= 15 is 0 Å². The first-order chi connectivity index (χ1) is 17.5. The van der Waals surface area contributed by atoms with Crippen LogP contribution in [0, 0.1) is 28.1 Å². The molecule has 2 bridgehead atoms. The van der Waals surface area contributed by atoms with E-state index in [4.69, 9.17) is 13.9 Å². The predicted octanol–water partition coefficient (Wildman–Crippen LogP) is -0.0471. The fourth-order valence-corrected chi connectivity index (χ4v) is 10.1. The Balaban J connectivity index is 1.61. The Kier molecular flexibility index (Phi) is 4.96. The highest BCUT2D eigenvalue weighted by molar-refractivity contribution is 5.73. The van der Waals surface area contributed by atoms with Crippen LogP contribution in [-0.2, 0) is 19.1 Å². The Morgan fingerprint density at radius 1 is 1.13 bits per heavy atom. The molecule has 5 fully saturated rings. The van der Waals surface area contributed by atoms with Crippen molar-refractivity contribution in [3.63, 3.8) is 0 Å². The highest BCUT2D eigenvalue weighted by atomic mass is 16.6. The van der Waals surface area contributed by atoms with Gasteiger partial charge in [-0.25, -0.2) is 0 Å². The number of ether oxygens (including phenoxy) is 2. The van der Waals surface area contributed by atoms with Gasteiger partial charge in [0.2, 0.25) is 0 Å². The van der Waals surface area contributed by atoms with Gasteiger partial charge >= 0.3 is 11.9 Å². The third-order valence-electron chi connectivity index (χ3n) is 12.1. The smallest absolute Gasteiger partial charge is 0.306 e. The van der Waals surface area contributed by atoms with E-state index in [1.54, 1.807) is 19.9 Å². The van der Waals surface area contributed by atoms with Crippen molar-refractivity contribution in [3.05, 3.63) is 24.2 Å². The maximum atomic E-state index is 13.1. The molecule has 1 saturated heterocycles. The molecule has 12 atom stereocenters. The standard InChI is InChI=1S/C27H36O11/c1-21(18(30)13-5-8-37-11-13)6-7-24(32)23(3)14(9-16(28)36-4)22(2)12-25(23,33)27(35,19(22)31)20-26(24,34)15(21)10-17(29)38-20/h5,8,11,14-15,18-20,30-35H,6-7,9-10,12H2,1-4H3. The van der Waals surface area contributed by atoms with E-state index in [2.05, 4.69) is 0 Å². The fraction of sp³-hybridized carbons (Fsp3) is 0.778. The molecule has 6 rings (SSSR count). The van der Waals surface area contributed by atoms with Crippen LogP contribution in [0.2, 0.25) is 0 Å². The van der Waals surface area contributed by atoms with E-state index in [0.717, 1.165) is 0 Å². The average Bonchev–Trinajstić information content (AvgIpc) is 3.51. The number of fused-ring (bicyclic) bond motifs is 3. The second-order valence-electron chi connectivity index (χ2n) is 13.1. The molecule has 12 unspecified atom stereocenters. The molecule has 2 heterocycles. The van der Waals surface area contributed by atoms with Crippen molar-refractivity contribution in [2.24, 2.45) is 28.1 Å². The molecule has 6 N–H and O–H groups in total. The highest BCUT2D eigenvalue weighted by Gasteiger charge is 2.97. The average molecular weight is 537 g/mol. The third-order valence-corrected chi connectivity index (χ3v) is 12.1. The minimum absolute atomic E-state index is 0.122. The van der Waals surface area contributed by atoms with Crippen LogP contribution in [0.15, 0.2) is 23.0 Å². The van der Waals surface area contributed by atoms with Gasteiger partial charge in [-0.15, -0.1) is 0 Å². The second kappa shape index (κ2) is 7.18. The van der Waals surface area contributed by atoms with Gasteiger partial charge in [-0.2, -0.15) is 0 Å². The number of hydrogen-bond acceptors (Lipinski definition) is 11. The van der Waals surface area contributed by atoms with Crippen LogP contribution >= 0.6 is 0 Å². The van der Waals surface area contributed by atoms with Crippen LogP contribution in [0.3, 0.4) is 0 Å². The van der Waals surface area contributed by atoms with Crippen molar-refractivity contribution in [2.45, 2.75) is 93.6 Å². The Bertz CT molecular complexity index is 1200. The molecule has 1 aromatic rings. The van der Waals surface area contributed by atoms with Gasteiger partial charge < -0.3 is 44.5 Å². The van der Waals surface area contributed by atoms with Crippen molar-refractivity contribution in [1.82, 2.24) is 0 Å². The quantitative estimate of drug-likeness (QED) is 0.283. The van der Waals surface area contributed by atoms with Gasteiger partial charge in [0.05, 0.1) is 38.3 Å². The summed E-state index contributed by atoms with van der Waals surface area (Å²) in [6.07, 6.45) is -3.02. The van der Waals surface area contributed by atoms with Crippen LogP contribution < -0.4 is 0 Å². The van der Waals surface area contributed by atoms with E-state index in [9.17, 15) is 40.2 Å². The second-order valence-corrected chi connectivity index (χ2v) is 13.1. The van der Waals surface area contributed by atoms with Crippen LogP contribution in [0.1, 0.15) is 64.5 Å². The molecule has 5 aliphatic rings. The maximum Gasteiger partial charge on any atom is 0.306 e. The van der Waals surface area contributed by atoms with Gasteiger partial charge in [-0.3, -0.25) is 9.59 Å². The van der Waals surface area contributed by atoms with Gasteiger partial charge in [-0.05, 0) is 31.2 Å². The number of aliphatic hydroxyl groups is 6. The summed E-state index contributed by atoms with van der Waals surface area (Å²) in [4.78, 5) is 25.6. The van der Waals surface area contributed by atoms with E-state index in [-0.39, 0.29) is 32.1 Å². The summed E-state index contributed by atoms with van der Waals surface area (Å²) in [7, 11) is 1.21. The number of hydrogen-bond donors (Lipinski definition) is 6. The molecule has 0 radical (unpaired) electrons. The number of carbonyl (C=O) groups is 2. The molecule has 210 valence electrons. The van der Waals surface area contributed by atoms with Crippen molar-refractivity contribution in [3.8, 4) is 0 Å². The monoisotopic (exact) mass is 536 g/mol. The molecule has 0 aromatic carbocycles.